The number of carbonyl (C=O) groups excluding carboxylic acids is 1. The highest BCUT2D eigenvalue weighted by Gasteiger charge is 2.30. The van der Waals surface area contributed by atoms with Crippen molar-refractivity contribution < 1.29 is 26.7 Å². The molecule has 8 heteroatoms. The molecule has 2 aromatic rings. The van der Waals surface area contributed by atoms with Crippen molar-refractivity contribution in [1.29, 1.82) is 0 Å². The molecular weight excluding hydrogens is 352 g/mol. The van der Waals surface area contributed by atoms with Gasteiger partial charge < -0.3 is 4.74 Å². The lowest BCUT2D eigenvalue weighted by molar-refractivity contribution is 0.0596. The van der Waals surface area contributed by atoms with Crippen molar-refractivity contribution in [3.05, 3.63) is 65.2 Å². The molecule has 1 unspecified atom stereocenters. The molecule has 0 aliphatic heterocycles. The first kappa shape index (κ1) is 19.0. The zero-order valence-electron chi connectivity index (χ0n) is 13.9. The Morgan fingerprint density at radius 3 is 2.36 bits per heavy atom. The third kappa shape index (κ3) is 3.69. The first-order chi connectivity index (χ1) is 11.7. The maximum Gasteiger partial charge on any atom is 0.339 e. The fourth-order valence-corrected chi connectivity index (χ4v) is 3.84. The van der Waals surface area contributed by atoms with Crippen LogP contribution in [-0.2, 0) is 14.8 Å². The molecule has 0 amide bonds. The van der Waals surface area contributed by atoms with Gasteiger partial charge in [-0.1, -0.05) is 18.2 Å². The predicted octanol–water partition coefficient (Wildman–Crippen LogP) is 3.13. The molecule has 0 aliphatic carbocycles. The number of rotatable bonds is 5. The summed E-state index contributed by atoms with van der Waals surface area (Å²) in [5.74, 6) is -2.87. The molecular formula is C17H17F2NO4S. The fourth-order valence-electron chi connectivity index (χ4n) is 2.32. The van der Waals surface area contributed by atoms with Gasteiger partial charge in [0.05, 0.1) is 17.6 Å². The molecule has 25 heavy (non-hydrogen) atoms. The van der Waals surface area contributed by atoms with Gasteiger partial charge in [-0.25, -0.2) is 22.0 Å². The van der Waals surface area contributed by atoms with Crippen LogP contribution in [0, 0.1) is 11.6 Å². The van der Waals surface area contributed by atoms with Crippen LogP contribution in [0.1, 0.15) is 28.9 Å². The summed E-state index contributed by atoms with van der Waals surface area (Å²) in [5.41, 5.74) is 0.176. The number of sulfonamides is 1. The lowest BCUT2D eigenvalue weighted by Gasteiger charge is -2.25. The number of benzene rings is 2. The van der Waals surface area contributed by atoms with E-state index in [2.05, 4.69) is 4.74 Å². The van der Waals surface area contributed by atoms with E-state index < -0.39 is 33.7 Å². The van der Waals surface area contributed by atoms with Gasteiger partial charge in [0.1, 0.15) is 0 Å². The van der Waals surface area contributed by atoms with Crippen LogP contribution in [-0.4, -0.2) is 32.8 Å². The Morgan fingerprint density at radius 1 is 1.12 bits per heavy atom. The molecule has 0 saturated heterocycles. The third-order valence-corrected chi connectivity index (χ3v) is 5.91. The standard InChI is InChI=1S/C17H17F2NO4S/c1-11(12-8-9-14(18)15(19)10-12)20(2)25(22,23)16-7-5-4-6-13(16)17(21)24-3/h4-11H,1-3H3. The molecule has 0 heterocycles. The van der Waals surface area contributed by atoms with Gasteiger partial charge in [-0.3, -0.25) is 0 Å². The van der Waals surface area contributed by atoms with Crippen LogP contribution in [0.2, 0.25) is 0 Å². The second-order valence-corrected chi connectivity index (χ2v) is 7.32. The molecule has 0 N–H and O–H groups in total. The zero-order valence-corrected chi connectivity index (χ0v) is 14.7. The van der Waals surface area contributed by atoms with E-state index in [-0.39, 0.29) is 16.0 Å². The minimum atomic E-state index is -4.08. The van der Waals surface area contributed by atoms with Crippen LogP contribution in [0.15, 0.2) is 47.4 Å². The molecule has 1 atom stereocenters. The van der Waals surface area contributed by atoms with Gasteiger partial charge in [0.25, 0.3) is 0 Å². The van der Waals surface area contributed by atoms with E-state index in [0.29, 0.717) is 0 Å². The molecule has 0 aliphatic rings. The summed E-state index contributed by atoms with van der Waals surface area (Å²) in [6, 6.07) is 8.03. The molecule has 0 radical (unpaired) electrons. The SMILES string of the molecule is COC(=O)c1ccccc1S(=O)(=O)N(C)C(C)c1ccc(F)c(F)c1. The third-order valence-electron chi connectivity index (χ3n) is 3.92. The summed E-state index contributed by atoms with van der Waals surface area (Å²) in [6.45, 7) is 1.53. The number of hydrogen-bond acceptors (Lipinski definition) is 4. The summed E-state index contributed by atoms with van der Waals surface area (Å²) < 4.78 is 57.9. The monoisotopic (exact) mass is 369 g/mol. The highest BCUT2D eigenvalue weighted by molar-refractivity contribution is 7.89. The summed E-state index contributed by atoms with van der Waals surface area (Å²) in [4.78, 5) is 11.6. The Balaban J connectivity index is 2.45. The Hall–Kier alpha value is -2.32. The van der Waals surface area contributed by atoms with E-state index in [1.54, 1.807) is 0 Å². The first-order valence-corrected chi connectivity index (χ1v) is 8.74. The maximum atomic E-state index is 13.4. The highest BCUT2D eigenvalue weighted by Crippen LogP contribution is 2.28. The van der Waals surface area contributed by atoms with Crippen molar-refractivity contribution in [3.63, 3.8) is 0 Å². The number of esters is 1. The molecule has 0 saturated carbocycles. The topological polar surface area (TPSA) is 63.7 Å². The highest BCUT2D eigenvalue weighted by atomic mass is 32.2. The van der Waals surface area contributed by atoms with Gasteiger partial charge in [-0.2, -0.15) is 4.31 Å². The van der Waals surface area contributed by atoms with Crippen LogP contribution >= 0.6 is 0 Å². The molecule has 5 nitrogen and oxygen atoms in total. The van der Waals surface area contributed by atoms with Crippen molar-refractivity contribution in [2.24, 2.45) is 0 Å². The minimum absolute atomic E-state index is 0.102. The summed E-state index contributed by atoms with van der Waals surface area (Å²) >= 11 is 0. The van der Waals surface area contributed by atoms with E-state index in [4.69, 9.17) is 0 Å². The zero-order chi connectivity index (χ0) is 18.8. The second-order valence-electron chi connectivity index (χ2n) is 5.36. The Kier molecular flexibility index (Phi) is 5.54. The number of hydrogen-bond donors (Lipinski definition) is 0. The summed E-state index contributed by atoms with van der Waals surface area (Å²) in [5, 5.41) is 0. The Labute approximate surface area is 144 Å². The van der Waals surface area contributed by atoms with E-state index in [1.807, 2.05) is 0 Å². The van der Waals surface area contributed by atoms with Gasteiger partial charge in [-0.15, -0.1) is 0 Å². The van der Waals surface area contributed by atoms with Crippen molar-refractivity contribution in [1.82, 2.24) is 4.31 Å². The van der Waals surface area contributed by atoms with Crippen LogP contribution < -0.4 is 0 Å². The number of ether oxygens (including phenoxy) is 1. The quantitative estimate of drug-likeness (QED) is 0.760. The molecule has 2 rings (SSSR count). The molecule has 2 aromatic carbocycles. The lowest BCUT2D eigenvalue weighted by atomic mass is 10.1. The lowest BCUT2D eigenvalue weighted by Crippen LogP contribution is -2.31. The van der Waals surface area contributed by atoms with Crippen molar-refractivity contribution in [2.45, 2.75) is 17.9 Å². The summed E-state index contributed by atoms with van der Waals surface area (Å²) in [7, 11) is -1.63. The van der Waals surface area contributed by atoms with Crippen LogP contribution in [0.3, 0.4) is 0 Å². The number of methoxy groups -OCH3 is 1. The summed E-state index contributed by atoms with van der Waals surface area (Å²) in [6.07, 6.45) is 0. The van der Waals surface area contributed by atoms with E-state index >= 15 is 0 Å². The number of nitrogens with zero attached hydrogens (tertiary/aromatic N) is 1. The van der Waals surface area contributed by atoms with Gasteiger partial charge >= 0.3 is 5.97 Å². The number of carbonyl (C=O) groups is 1. The van der Waals surface area contributed by atoms with Gasteiger partial charge in [0.2, 0.25) is 10.0 Å². The van der Waals surface area contributed by atoms with Crippen molar-refractivity contribution >= 4 is 16.0 Å². The fraction of sp³-hybridized carbons (Fsp3) is 0.235. The maximum absolute atomic E-state index is 13.4. The van der Waals surface area contributed by atoms with Gasteiger partial charge in [0.15, 0.2) is 11.6 Å². The molecule has 134 valence electrons. The average Bonchev–Trinajstić information content (AvgIpc) is 2.62. The minimum Gasteiger partial charge on any atom is -0.465 e. The van der Waals surface area contributed by atoms with Crippen LogP contribution in [0.4, 0.5) is 8.78 Å². The smallest absolute Gasteiger partial charge is 0.339 e. The predicted molar refractivity (Wildman–Crippen MR) is 87.5 cm³/mol. The first-order valence-electron chi connectivity index (χ1n) is 7.30. The van der Waals surface area contributed by atoms with E-state index in [1.165, 1.54) is 44.3 Å². The van der Waals surface area contributed by atoms with E-state index in [0.717, 1.165) is 23.5 Å². The average molecular weight is 369 g/mol. The van der Waals surface area contributed by atoms with Crippen LogP contribution in [0.25, 0.3) is 0 Å². The second kappa shape index (κ2) is 7.28. The van der Waals surface area contributed by atoms with Crippen molar-refractivity contribution in [2.75, 3.05) is 14.2 Å². The van der Waals surface area contributed by atoms with Crippen LogP contribution in [0.5, 0.6) is 0 Å². The number of halogens is 2. The van der Waals surface area contributed by atoms with Gasteiger partial charge in [0, 0.05) is 13.1 Å². The van der Waals surface area contributed by atoms with E-state index in [9.17, 15) is 22.0 Å². The molecule has 0 spiro atoms. The Bertz CT molecular complexity index is 899. The normalized spacial score (nSPS) is 12.9. The van der Waals surface area contributed by atoms with Crippen molar-refractivity contribution in [3.8, 4) is 0 Å². The van der Waals surface area contributed by atoms with Gasteiger partial charge in [-0.05, 0) is 36.8 Å². The molecule has 0 fully saturated rings. The Morgan fingerprint density at radius 2 is 1.76 bits per heavy atom. The molecule has 0 bridgehead atoms. The molecule has 0 aromatic heterocycles. The largest absolute Gasteiger partial charge is 0.465 e.